The highest BCUT2D eigenvalue weighted by molar-refractivity contribution is 5.70. The highest BCUT2D eigenvalue weighted by Gasteiger charge is 2.37. The van der Waals surface area contributed by atoms with Gasteiger partial charge in [0.2, 0.25) is 5.92 Å². The molecule has 138 valence electrons. The monoisotopic (exact) mass is 348 g/mol. The van der Waals surface area contributed by atoms with Gasteiger partial charge in [-0.1, -0.05) is 0 Å². The molecule has 1 aliphatic carbocycles. The van der Waals surface area contributed by atoms with E-state index >= 15 is 0 Å². The molecule has 2 rings (SSSR count). The smallest absolute Gasteiger partial charge is 0.410 e. The summed E-state index contributed by atoms with van der Waals surface area (Å²) in [4.78, 5) is 27.1. The maximum atomic E-state index is 13.1. The van der Waals surface area contributed by atoms with Crippen LogP contribution in [0.1, 0.15) is 46.5 Å². The van der Waals surface area contributed by atoms with Gasteiger partial charge in [-0.3, -0.25) is 0 Å². The van der Waals surface area contributed by atoms with E-state index in [-0.39, 0.29) is 25.7 Å². The molecular formula is C16H26F2N2O4. The van der Waals surface area contributed by atoms with Crippen molar-refractivity contribution >= 4 is 12.2 Å². The maximum absolute atomic E-state index is 13.1. The number of halogens is 2. The molecule has 1 aliphatic heterocycles. The van der Waals surface area contributed by atoms with Gasteiger partial charge in [-0.05, 0) is 33.6 Å². The van der Waals surface area contributed by atoms with E-state index in [1.165, 1.54) is 4.90 Å². The second-order valence-electron chi connectivity index (χ2n) is 7.39. The molecule has 2 fully saturated rings. The molecule has 8 heteroatoms. The van der Waals surface area contributed by atoms with Crippen LogP contribution in [0.3, 0.4) is 0 Å². The molecule has 0 aromatic rings. The van der Waals surface area contributed by atoms with Crippen molar-refractivity contribution in [3.8, 4) is 0 Å². The summed E-state index contributed by atoms with van der Waals surface area (Å²) < 4.78 is 36.8. The first kappa shape index (κ1) is 18.7. The zero-order chi connectivity index (χ0) is 18.0. The van der Waals surface area contributed by atoms with Crippen LogP contribution >= 0.6 is 0 Å². The number of rotatable bonds is 1. The Morgan fingerprint density at radius 2 is 1.42 bits per heavy atom. The van der Waals surface area contributed by atoms with E-state index in [1.54, 1.807) is 25.7 Å². The zero-order valence-corrected chi connectivity index (χ0v) is 14.5. The van der Waals surface area contributed by atoms with Gasteiger partial charge in [0.1, 0.15) is 11.7 Å². The molecule has 1 saturated carbocycles. The minimum atomic E-state index is -2.64. The molecule has 0 unspecified atom stereocenters. The molecule has 6 nitrogen and oxygen atoms in total. The van der Waals surface area contributed by atoms with Crippen molar-refractivity contribution in [2.75, 3.05) is 26.2 Å². The molecule has 1 heterocycles. The van der Waals surface area contributed by atoms with E-state index in [1.807, 2.05) is 0 Å². The Bertz CT molecular complexity index is 461. The minimum Gasteiger partial charge on any atom is -0.446 e. The average molecular weight is 348 g/mol. The van der Waals surface area contributed by atoms with E-state index in [0.717, 1.165) is 0 Å². The molecule has 2 amide bonds. The topological polar surface area (TPSA) is 59.1 Å². The largest absolute Gasteiger partial charge is 0.446 e. The van der Waals surface area contributed by atoms with Crippen LogP contribution in [0.5, 0.6) is 0 Å². The lowest BCUT2D eigenvalue weighted by molar-refractivity contribution is -0.0698. The molecule has 0 aromatic heterocycles. The molecule has 24 heavy (non-hydrogen) atoms. The first-order chi connectivity index (χ1) is 11.1. The molecule has 2 aliphatic rings. The molecule has 1 saturated heterocycles. The number of hydrogen-bond acceptors (Lipinski definition) is 4. The molecule has 0 bridgehead atoms. The third-order valence-corrected chi connectivity index (χ3v) is 4.12. The lowest BCUT2D eigenvalue weighted by Gasteiger charge is -2.36. The van der Waals surface area contributed by atoms with Crippen molar-refractivity contribution in [1.29, 1.82) is 0 Å². The van der Waals surface area contributed by atoms with Crippen LogP contribution < -0.4 is 0 Å². The Balaban J connectivity index is 1.74. The van der Waals surface area contributed by atoms with Gasteiger partial charge >= 0.3 is 12.2 Å². The SMILES string of the molecule is CC(C)(C)OC(=O)N1CCN(C(=O)OC2CCC(F)(F)CC2)CC1. The fourth-order valence-corrected chi connectivity index (χ4v) is 2.75. The number of hydrogen-bond donors (Lipinski definition) is 0. The normalized spacial score (nSPS) is 22.2. The Morgan fingerprint density at radius 1 is 0.958 bits per heavy atom. The Morgan fingerprint density at radius 3 is 1.88 bits per heavy atom. The van der Waals surface area contributed by atoms with Crippen molar-refractivity contribution < 1.29 is 27.8 Å². The second kappa shape index (κ2) is 7.11. The maximum Gasteiger partial charge on any atom is 0.410 e. The first-order valence-electron chi connectivity index (χ1n) is 8.37. The quantitative estimate of drug-likeness (QED) is 0.730. The summed E-state index contributed by atoms with van der Waals surface area (Å²) in [6.07, 6.45) is -1.43. The number of alkyl halides is 2. The minimum absolute atomic E-state index is 0.191. The standard InChI is InChI=1S/C16H26F2N2O4/c1-15(2,3)24-14(22)20-10-8-19(9-11-20)13(21)23-12-4-6-16(17,18)7-5-12/h12H,4-11H2,1-3H3. The number of amides is 2. The Hall–Kier alpha value is -1.60. The molecular weight excluding hydrogens is 322 g/mol. The van der Waals surface area contributed by atoms with E-state index in [9.17, 15) is 18.4 Å². The zero-order valence-electron chi connectivity index (χ0n) is 14.5. The lowest BCUT2D eigenvalue weighted by Crippen LogP contribution is -2.52. The molecule has 0 atom stereocenters. The van der Waals surface area contributed by atoms with Crippen molar-refractivity contribution in [3.05, 3.63) is 0 Å². The summed E-state index contributed by atoms with van der Waals surface area (Å²) in [5.74, 6) is -2.64. The van der Waals surface area contributed by atoms with Crippen LogP contribution in [0.4, 0.5) is 18.4 Å². The summed E-state index contributed by atoms with van der Waals surface area (Å²) in [7, 11) is 0. The summed E-state index contributed by atoms with van der Waals surface area (Å²) in [6, 6.07) is 0. The second-order valence-corrected chi connectivity index (χ2v) is 7.39. The predicted molar refractivity (Wildman–Crippen MR) is 83.1 cm³/mol. The van der Waals surface area contributed by atoms with Gasteiger partial charge in [0.15, 0.2) is 0 Å². The van der Waals surface area contributed by atoms with Gasteiger partial charge in [0.05, 0.1) is 0 Å². The molecule has 0 aromatic carbocycles. The predicted octanol–water partition coefficient (Wildman–Crippen LogP) is 3.25. The highest BCUT2D eigenvalue weighted by atomic mass is 19.3. The average Bonchev–Trinajstić information content (AvgIpc) is 2.48. The highest BCUT2D eigenvalue weighted by Crippen LogP contribution is 2.34. The van der Waals surface area contributed by atoms with Crippen LogP contribution in [0.2, 0.25) is 0 Å². The van der Waals surface area contributed by atoms with Crippen molar-refractivity contribution in [1.82, 2.24) is 9.80 Å². The third-order valence-electron chi connectivity index (χ3n) is 4.12. The summed E-state index contributed by atoms with van der Waals surface area (Å²) in [5, 5.41) is 0. The lowest BCUT2D eigenvalue weighted by atomic mass is 9.94. The Labute approximate surface area is 141 Å². The summed E-state index contributed by atoms with van der Waals surface area (Å²) in [6.45, 7) is 6.83. The molecule has 0 N–H and O–H groups in total. The molecule has 0 spiro atoms. The van der Waals surface area contributed by atoms with E-state index in [4.69, 9.17) is 9.47 Å². The van der Waals surface area contributed by atoms with Gasteiger partial charge in [-0.25, -0.2) is 18.4 Å². The van der Waals surface area contributed by atoms with Gasteiger partial charge in [-0.15, -0.1) is 0 Å². The van der Waals surface area contributed by atoms with Crippen molar-refractivity contribution in [2.45, 2.75) is 64.1 Å². The Kier molecular flexibility index (Phi) is 5.55. The fraction of sp³-hybridized carbons (Fsp3) is 0.875. The van der Waals surface area contributed by atoms with Crippen LogP contribution in [0.15, 0.2) is 0 Å². The number of nitrogens with zero attached hydrogens (tertiary/aromatic N) is 2. The van der Waals surface area contributed by atoms with Gasteiger partial charge in [-0.2, -0.15) is 0 Å². The third kappa shape index (κ3) is 5.49. The van der Waals surface area contributed by atoms with E-state index in [2.05, 4.69) is 0 Å². The summed E-state index contributed by atoms with van der Waals surface area (Å²) in [5.41, 5.74) is -0.559. The number of carbonyl (C=O) groups excluding carboxylic acids is 2. The number of piperazine rings is 1. The van der Waals surface area contributed by atoms with Crippen LogP contribution in [-0.2, 0) is 9.47 Å². The van der Waals surface area contributed by atoms with Gasteiger partial charge in [0, 0.05) is 39.0 Å². The van der Waals surface area contributed by atoms with E-state index in [0.29, 0.717) is 26.2 Å². The van der Waals surface area contributed by atoms with E-state index < -0.39 is 29.8 Å². The van der Waals surface area contributed by atoms with Crippen molar-refractivity contribution in [3.63, 3.8) is 0 Å². The van der Waals surface area contributed by atoms with Gasteiger partial charge < -0.3 is 19.3 Å². The van der Waals surface area contributed by atoms with Crippen LogP contribution in [0.25, 0.3) is 0 Å². The van der Waals surface area contributed by atoms with Crippen LogP contribution in [-0.4, -0.2) is 65.8 Å². The van der Waals surface area contributed by atoms with Crippen molar-refractivity contribution in [2.24, 2.45) is 0 Å². The molecule has 0 radical (unpaired) electrons. The number of ether oxygens (including phenoxy) is 2. The summed E-state index contributed by atoms with van der Waals surface area (Å²) >= 11 is 0. The van der Waals surface area contributed by atoms with Crippen LogP contribution in [0, 0.1) is 0 Å². The fourth-order valence-electron chi connectivity index (χ4n) is 2.75. The van der Waals surface area contributed by atoms with Gasteiger partial charge in [0.25, 0.3) is 0 Å². The first-order valence-corrected chi connectivity index (χ1v) is 8.37. The number of carbonyl (C=O) groups is 2.